The molecule has 0 fully saturated rings. The van der Waals surface area contributed by atoms with Crippen molar-refractivity contribution in [3.63, 3.8) is 0 Å². The van der Waals surface area contributed by atoms with Crippen LogP contribution in [0.25, 0.3) is 0 Å². The van der Waals surface area contributed by atoms with Crippen molar-refractivity contribution in [2.75, 3.05) is 39.6 Å². The smallest absolute Gasteiger partial charge is 0.462 e. The number of nitrogens with one attached hydrogen (secondary N) is 1. The van der Waals surface area contributed by atoms with Gasteiger partial charge in [0.05, 0.1) is 0 Å². The molecule has 12 heteroatoms. The van der Waals surface area contributed by atoms with E-state index >= 15 is 0 Å². The Morgan fingerprint density at radius 1 is 0.806 bits per heavy atom. The highest BCUT2D eigenvalue weighted by Gasteiger charge is 2.40. The zero-order chi connectivity index (χ0) is 27.6. The molecule has 1 amide bonds. The maximum Gasteiger partial charge on any atom is 0.501 e. The first-order valence-corrected chi connectivity index (χ1v) is 14.0. The zero-order valence-electron chi connectivity index (χ0n) is 22.1. The number of rotatable bonds is 20. The van der Waals surface area contributed by atoms with Gasteiger partial charge in [-0.3, -0.25) is 9.59 Å². The van der Waals surface area contributed by atoms with Crippen molar-refractivity contribution in [3.05, 3.63) is 24.3 Å². The topological polar surface area (TPSA) is 136 Å². The number of amides is 1. The van der Waals surface area contributed by atoms with E-state index in [0.717, 1.165) is 0 Å². The van der Waals surface area contributed by atoms with Crippen LogP contribution >= 0.6 is 0 Å². The average molecular weight is 532 g/mol. The summed E-state index contributed by atoms with van der Waals surface area (Å²) >= 11 is 0. The number of carbonyl (C=O) groups is 4. The third kappa shape index (κ3) is 14.8. The predicted molar refractivity (Wildman–Crippen MR) is 134 cm³/mol. The van der Waals surface area contributed by atoms with E-state index in [-0.39, 0.29) is 49.7 Å². The van der Waals surface area contributed by atoms with Gasteiger partial charge >= 0.3 is 26.7 Å². The molecule has 0 bridgehead atoms. The Kier molecular flexibility index (Phi) is 17.4. The fraction of sp³-hybridized carbons (Fsp3) is 0.667. The van der Waals surface area contributed by atoms with E-state index in [0.29, 0.717) is 32.3 Å². The average Bonchev–Trinajstić information content (AvgIpc) is 2.82. The minimum Gasteiger partial charge on any atom is -0.462 e. The molecule has 0 saturated heterocycles. The Bertz CT molecular complexity index is 738. The normalized spacial score (nSPS) is 11.8. The first-order chi connectivity index (χ1) is 17.0. The zero-order valence-corrected chi connectivity index (χ0v) is 23.1. The molecule has 0 heterocycles. The van der Waals surface area contributed by atoms with Crippen LogP contribution in [0, 0.1) is 0 Å². The monoisotopic (exact) mass is 531 g/mol. The molecule has 0 aliphatic heterocycles. The number of carbonyl (C=O) groups excluding carboxylic acids is 4. The maximum atomic E-state index is 12.2. The molecule has 1 atom stereocenters. The van der Waals surface area contributed by atoms with Crippen LogP contribution in [-0.4, -0.2) is 78.3 Å². The van der Waals surface area contributed by atoms with Gasteiger partial charge in [-0.15, -0.1) is 0 Å². The lowest BCUT2D eigenvalue weighted by Gasteiger charge is -2.28. The largest absolute Gasteiger partial charge is 0.501 e. The van der Waals surface area contributed by atoms with Crippen LogP contribution in [0.5, 0.6) is 0 Å². The predicted octanol–water partition coefficient (Wildman–Crippen LogP) is 2.47. The molecule has 0 aliphatic carbocycles. The minimum atomic E-state index is -2.90. The quantitative estimate of drug-likeness (QED) is 0.0820. The molecule has 206 valence electrons. The number of ether oxygens (including phenoxy) is 3. The number of esters is 3. The van der Waals surface area contributed by atoms with Crippen LogP contribution in [-0.2, 0) is 46.7 Å². The van der Waals surface area contributed by atoms with Crippen molar-refractivity contribution in [1.82, 2.24) is 5.32 Å². The summed E-state index contributed by atoms with van der Waals surface area (Å²) in [5, 5.41) is 2.75. The van der Waals surface area contributed by atoms with Gasteiger partial charge in [0.1, 0.15) is 13.2 Å². The van der Waals surface area contributed by atoms with Crippen LogP contribution in [0.4, 0.5) is 0 Å². The Hall–Kier alpha value is -2.54. The minimum absolute atomic E-state index is 0.0303. The van der Waals surface area contributed by atoms with E-state index in [9.17, 15) is 19.2 Å². The summed E-state index contributed by atoms with van der Waals surface area (Å²) in [4.78, 5) is 47.7. The summed E-state index contributed by atoms with van der Waals surface area (Å²) < 4.78 is 32.5. The van der Waals surface area contributed by atoms with Crippen molar-refractivity contribution in [2.24, 2.45) is 0 Å². The molecule has 0 aromatic carbocycles. The van der Waals surface area contributed by atoms with Crippen LogP contribution in [0.3, 0.4) is 0 Å². The van der Waals surface area contributed by atoms with Gasteiger partial charge in [-0.05, 0) is 41.0 Å². The van der Waals surface area contributed by atoms with Gasteiger partial charge in [-0.1, -0.05) is 13.2 Å². The van der Waals surface area contributed by atoms with Crippen molar-refractivity contribution < 1.29 is 46.7 Å². The standard InChI is InChI=1S/C24H41NO10Si/c1-8-32-36(33-9-2,34-10-3)15-13-21(26)25-14-11-12-22(27)30-16-20(35-24(29)19(6)7)17-31-23(28)18(4)5/h20H,4,6,8-17H2,1-3,5,7H3,(H,25,26). The van der Waals surface area contributed by atoms with Gasteiger partial charge in [0.15, 0.2) is 6.10 Å². The highest BCUT2D eigenvalue weighted by atomic mass is 28.4. The Balaban J connectivity index is 4.49. The lowest BCUT2D eigenvalue weighted by molar-refractivity contribution is -0.163. The molecule has 1 unspecified atom stereocenters. The molecule has 0 saturated carbocycles. The van der Waals surface area contributed by atoms with Crippen molar-refractivity contribution in [1.29, 1.82) is 0 Å². The van der Waals surface area contributed by atoms with Crippen molar-refractivity contribution >= 4 is 32.6 Å². The summed E-state index contributed by atoms with van der Waals surface area (Å²) in [7, 11) is -2.90. The molecule has 0 aliphatic rings. The lowest BCUT2D eigenvalue weighted by atomic mass is 10.3. The van der Waals surface area contributed by atoms with Crippen LogP contribution < -0.4 is 5.32 Å². The van der Waals surface area contributed by atoms with Crippen LogP contribution in [0.2, 0.25) is 6.04 Å². The molecule has 36 heavy (non-hydrogen) atoms. The van der Waals surface area contributed by atoms with Crippen LogP contribution in [0.15, 0.2) is 24.3 Å². The molecule has 0 spiro atoms. The third-order valence-electron chi connectivity index (χ3n) is 4.43. The first-order valence-electron chi connectivity index (χ1n) is 12.0. The molecular weight excluding hydrogens is 490 g/mol. The molecule has 0 aromatic heterocycles. The summed E-state index contributed by atoms with van der Waals surface area (Å²) in [6, 6.07) is 0.358. The SMILES string of the molecule is C=C(C)C(=O)OCC(COC(=O)CCCNC(=O)CC[Si](OCC)(OCC)OCC)OC(=O)C(=C)C. The van der Waals surface area contributed by atoms with E-state index in [1.165, 1.54) is 13.8 Å². The fourth-order valence-corrected chi connectivity index (χ4v) is 5.27. The second-order valence-electron chi connectivity index (χ2n) is 7.81. The summed E-state index contributed by atoms with van der Waals surface area (Å²) in [5.74, 6) is -2.11. The third-order valence-corrected chi connectivity index (χ3v) is 7.48. The van der Waals surface area contributed by atoms with Crippen molar-refractivity contribution in [3.8, 4) is 0 Å². The van der Waals surface area contributed by atoms with Gasteiger partial charge in [-0.25, -0.2) is 9.59 Å². The summed E-state index contributed by atoms with van der Waals surface area (Å²) in [6.07, 6.45) is -0.444. The number of hydrogen-bond acceptors (Lipinski definition) is 10. The number of hydrogen-bond donors (Lipinski definition) is 1. The molecular formula is C24H41NO10Si. The first kappa shape index (κ1) is 33.5. The molecule has 0 aromatic rings. The molecule has 1 N–H and O–H groups in total. The van der Waals surface area contributed by atoms with E-state index in [2.05, 4.69) is 18.5 Å². The summed E-state index contributed by atoms with van der Waals surface area (Å²) in [6.45, 7) is 16.4. The van der Waals surface area contributed by atoms with E-state index in [1.807, 2.05) is 20.8 Å². The van der Waals surface area contributed by atoms with Gasteiger partial charge < -0.3 is 32.8 Å². The van der Waals surface area contributed by atoms with Gasteiger partial charge in [0, 0.05) is 56.4 Å². The Labute approximate surface area is 214 Å². The molecule has 11 nitrogen and oxygen atoms in total. The highest BCUT2D eigenvalue weighted by Crippen LogP contribution is 2.18. The van der Waals surface area contributed by atoms with E-state index < -0.39 is 32.8 Å². The van der Waals surface area contributed by atoms with E-state index in [1.54, 1.807) is 0 Å². The van der Waals surface area contributed by atoms with Gasteiger partial charge in [0.25, 0.3) is 0 Å². The van der Waals surface area contributed by atoms with Gasteiger partial charge in [0.2, 0.25) is 5.91 Å². The Morgan fingerprint density at radius 2 is 1.33 bits per heavy atom. The second kappa shape index (κ2) is 18.7. The molecule has 0 rings (SSSR count). The van der Waals surface area contributed by atoms with Crippen molar-refractivity contribution in [2.45, 2.75) is 66.0 Å². The second-order valence-corrected chi connectivity index (χ2v) is 10.5. The highest BCUT2D eigenvalue weighted by molar-refractivity contribution is 6.61. The fourth-order valence-electron chi connectivity index (χ4n) is 2.73. The summed E-state index contributed by atoms with van der Waals surface area (Å²) in [5.41, 5.74) is 0.331. The Morgan fingerprint density at radius 3 is 1.83 bits per heavy atom. The van der Waals surface area contributed by atoms with Crippen LogP contribution in [0.1, 0.15) is 53.9 Å². The lowest BCUT2D eigenvalue weighted by Crippen LogP contribution is -2.46. The van der Waals surface area contributed by atoms with E-state index in [4.69, 9.17) is 27.5 Å². The van der Waals surface area contributed by atoms with Gasteiger partial charge in [-0.2, -0.15) is 0 Å². The molecule has 0 radical (unpaired) electrons. The maximum absolute atomic E-state index is 12.2.